The molecule has 0 radical (unpaired) electrons. The summed E-state index contributed by atoms with van der Waals surface area (Å²) in [6, 6.07) is 4.21. The summed E-state index contributed by atoms with van der Waals surface area (Å²) in [6.45, 7) is 6.41. The van der Waals surface area contributed by atoms with Gasteiger partial charge in [0.2, 0.25) is 0 Å². The molecule has 3 aromatic heterocycles. The summed E-state index contributed by atoms with van der Waals surface area (Å²) in [6.07, 6.45) is 0. The van der Waals surface area contributed by atoms with Crippen molar-refractivity contribution in [3.8, 4) is 43.9 Å². The molecule has 1 aromatic carbocycles. The van der Waals surface area contributed by atoms with Gasteiger partial charge in [0.15, 0.2) is 23.0 Å². The van der Waals surface area contributed by atoms with E-state index in [1.54, 1.807) is 22.7 Å². The van der Waals surface area contributed by atoms with E-state index in [0.717, 1.165) is 64.7 Å². The third-order valence-electron chi connectivity index (χ3n) is 5.03. The first-order chi connectivity index (χ1) is 14.2. The van der Waals surface area contributed by atoms with E-state index in [1.165, 1.54) is 11.7 Å². The van der Waals surface area contributed by atoms with Gasteiger partial charge in [0.1, 0.15) is 37.5 Å². The molecule has 2 aliphatic rings. The zero-order valence-electron chi connectivity index (χ0n) is 15.7. The van der Waals surface area contributed by atoms with Crippen molar-refractivity contribution >= 4 is 45.4 Å². The quantitative estimate of drug-likeness (QED) is 0.418. The van der Waals surface area contributed by atoms with Crippen molar-refractivity contribution in [3.63, 3.8) is 0 Å². The Balaban J connectivity index is 1.55. The number of thiophene rings is 2. The van der Waals surface area contributed by atoms with Crippen molar-refractivity contribution in [3.05, 3.63) is 21.9 Å². The van der Waals surface area contributed by atoms with Crippen LogP contribution in [0.5, 0.6) is 23.0 Å². The molecule has 0 fully saturated rings. The lowest BCUT2D eigenvalue weighted by Gasteiger charge is -2.17. The third kappa shape index (κ3) is 2.57. The number of hydrogen-bond acceptors (Lipinski definition) is 9. The van der Waals surface area contributed by atoms with E-state index in [2.05, 4.69) is 34.7 Å². The van der Waals surface area contributed by atoms with Gasteiger partial charge in [0.05, 0.1) is 21.5 Å². The SMILES string of the molecule is Cc1sc(-c2ccc(-c3sc(C)c4c3OCCO4)c3nsnc23)c2c1OCCO2. The molecule has 0 aliphatic carbocycles. The van der Waals surface area contributed by atoms with Crippen molar-refractivity contribution in [2.75, 3.05) is 26.4 Å². The number of nitrogens with zero attached hydrogens (tertiary/aromatic N) is 2. The zero-order valence-corrected chi connectivity index (χ0v) is 18.2. The molecule has 5 heterocycles. The highest BCUT2D eigenvalue weighted by atomic mass is 32.1. The monoisotopic (exact) mass is 444 g/mol. The molecule has 6 nitrogen and oxygen atoms in total. The number of aryl methyl sites for hydroxylation is 2. The molecule has 0 saturated carbocycles. The van der Waals surface area contributed by atoms with Crippen molar-refractivity contribution in [2.24, 2.45) is 0 Å². The van der Waals surface area contributed by atoms with Crippen LogP contribution in [0.25, 0.3) is 31.9 Å². The fourth-order valence-electron chi connectivity index (χ4n) is 3.78. The molecule has 0 atom stereocenters. The van der Waals surface area contributed by atoms with Crippen molar-refractivity contribution in [1.29, 1.82) is 0 Å². The number of hydrogen-bond donors (Lipinski definition) is 0. The minimum Gasteiger partial charge on any atom is -0.485 e. The molecule has 0 saturated heterocycles. The highest BCUT2D eigenvalue weighted by Gasteiger charge is 2.28. The summed E-state index contributed by atoms with van der Waals surface area (Å²) in [4.78, 5) is 4.32. The highest BCUT2D eigenvalue weighted by Crippen LogP contribution is 2.53. The molecule has 0 N–H and O–H groups in total. The van der Waals surface area contributed by atoms with E-state index in [9.17, 15) is 0 Å². The van der Waals surface area contributed by atoms with E-state index >= 15 is 0 Å². The van der Waals surface area contributed by atoms with Crippen LogP contribution < -0.4 is 18.9 Å². The Labute approximate surface area is 179 Å². The summed E-state index contributed by atoms with van der Waals surface area (Å²) >= 11 is 4.57. The smallest absolute Gasteiger partial charge is 0.180 e. The van der Waals surface area contributed by atoms with Crippen LogP contribution in [0.2, 0.25) is 0 Å². The van der Waals surface area contributed by atoms with Crippen LogP contribution in [0.15, 0.2) is 12.1 Å². The zero-order chi connectivity index (χ0) is 19.5. The maximum Gasteiger partial charge on any atom is 0.180 e. The van der Waals surface area contributed by atoms with Crippen LogP contribution in [-0.4, -0.2) is 35.2 Å². The fraction of sp³-hybridized carbons (Fsp3) is 0.300. The van der Waals surface area contributed by atoms with Gasteiger partial charge in [-0.2, -0.15) is 8.75 Å². The predicted octanol–water partition coefficient (Wildman–Crippen LogP) is 5.31. The van der Waals surface area contributed by atoms with Gasteiger partial charge >= 0.3 is 0 Å². The Morgan fingerprint density at radius 2 is 1.07 bits per heavy atom. The average molecular weight is 445 g/mol. The molecule has 0 bridgehead atoms. The Bertz CT molecular complexity index is 1160. The summed E-state index contributed by atoms with van der Waals surface area (Å²) in [5.41, 5.74) is 3.80. The third-order valence-corrected chi connectivity index (χ3v) is 7.76. The summed E-state index contributed by atoms with van der Waals surface area (Å²) < 4.78 is 32.8. The summed E-state index contributed by atoms with van der Waals surface area (Å²) in [5.74, 6) is 3.35. The van der Waals surface area contributed by atoms with E-state index in [-0.39, 0.29) is 0 Å². The minimum absolute atomic E-state index is 0.560. The first-order valence-electron chi connectivity index (χ1n) is 9.26. The molecule has 6 rings (SSSR count). The molecular formula is C20H16N2O4S3. The molecule has 29 heavy (non-hydrogen) atoms. The Morgan fingerprint density at radius 3 is 1.52 bits per heavy atom. The number of fused-ring (bicyclic) bond motifs is 3. The second-order valence-corrected chi connectivity index (χ2v) is 9.79. The Morgan fingerprint density at radius 1 is 0.655 bits per heavy atom. The van der Waals surface area contributed by atoms with Crippen molar-refractivity contribution in [1.82, 2.24) is 8.75 Å². The predicted molar refractivity (Wildman–Crippen MR) is 115 cm³/mol. The van der Waals surface area contributed by atoms with Gasteiger partial charge in [-0.15, -0.1) is 22.7 Å². The number of ether oxygens (including phenoxy) is 4. The van der Waals surface area contributed by atoms with Gasteiger partial charge in [-0.3, -0.25) is 0 Å². The Kier molecular flexibility index (Phi) is 3.97. The van der Waals surface area contributed by atoms with Gasteiger partial charge in [-0.05, 0) is 13.8 Å². The molecule has 2 aliphatic heterocycles. The molecule has 4 aromatic rings. The number of rotatable bonds is 2. The van der Waals surface area contributed by atoms with Gasteiger partial charge in [-0.1, -0.05) is 12.1 Å². The van der Waals surface area contributed by atoms with Crippen LogP contribution >= 0.6 is 34.4 Å². The lowest BCUT2D eigenvalue weighted by atomic mass is 10.0. The van der Waals surface area contributed by atoms with Gasteiger partial charge < -0.3 is 18.9 Å². The van der Waals surface area contributed by atoms with Crippen LogP contribution in [0.4, 0.5) is 0 Å². The highest BCUT2D eigenvalue weighted by molar-refractivity contribution is 7.17. The van der Waals surface area contributed by atoms with Crippen LogP contribution in [-0.2, 0) is 0 Å². The lowest BCUT2D eigenvalue weighted by Crippen LogP contribution is -2.15. The fourth-order valence-corrected chi connectivity index (χ4v) is 6.49. The topological polar surface area (TPSA) is 62.7 Å². The summed E-state index contributed by atoms with van der Waals surface area (Å²) in [5, 5.41) is 0. The van der Waals surface area contributed by atoms with Crippen LogP contribution in [0.3, 0.4) is 0 Å². The van der Waals surface area contributed by atoms with Gasteiger partial charge in [0, 0.05) is 20.9 Å². The van der Waals surface area contributed by atoms with E-state index in [4.69, 9.17) is 18.9 Å². The molecule has 148 valence electrons. The Hall–Kier alpha value is -2.36. The first kappa shape index (κ1) is 17.5. The van der Waals surface area contributed by atoms with Crippen molar-refractivity contribution in [2.45, 2.75) is 13.8 Å². The molecule has 0 amide bonds. The second-order valence-electron chi connectivity index (χ2n) is 6.81. The normalized spacial score (nSPS) is 15.1. The lowest BCUT2D eigenvalue weighted by molar-refractivity contribution is 0.173. The standard InChI is InChI=1S/C20H16N2O4S3/c1-9-15-17(25-7-5-23-15)19(27-9)11-3-4-12(14-13(11)21-29-22-14)20-18-16(10(2)28-20)24-6-8-26-18/h3-4H,5-8H2,1-2H3. The van der Waals surface area contributed by atoms with Crippen molar-refractivity contribution < 1.29 is 18.9 Å². The van der Waals surface area contributed by atoms with E-state index in [1.807, 2.05) is 0 Å². The number of aromatic nitrogens is 2. The minimum atomic E-state index is 0.560. The first-order valence-corrected chi connectivity index (χ1v) is 11.6. The molecular weight excluding hydrogens is 428 g/mol. The molecule has 0 spiro atoms. The number of benzene rings is 1. The molecule has 0 unspecified atom stereocenters. The maximum absolute atomic E-state index is 5.95. The average Bonchev–Trinajstić information content (AvgIpc) is 3.45. The van der Waals surface area contributed by atoms with Crippen LogP contribution in [0.1, 0.15) is 9.75 Å². The van der Waals surface area contributed by atoms with Gasteiger partial charge in [-0.25, -0.2) is 0 Å². The molecule has 9 heteroatoms. The maximum atomic E-state index is 5.95. The van der Waals surface area contributed by atoms with Crippen LogP contribution in [0, 0.1) is 13.8 Å². The van der Waals surface area contributed by atoms with E-state index < -0.39 is 0 Å². The van der Waals surface area contributed by atoms with Gasteiger partial charge in [0.25, 0.3) is 0 Å². The summed E-state index contributed by atoms with van der Waals surface area (Å²) in [7, 11) is 0. The van der Waals surface area contributed by atoms with E-state index in [0.29, 0.717) is 26.4 Å². The largest absolute Gasteiger partial charge is 0.485 e. The second kappa shape index (κ2) is 6.58.